The summed E-state index contributed by atoms with van der Waals surface area (Å²) in [5.41, 5.74) is 1.99. The van der Waals surface area contributed by atoms with Gasteiger partial charge in [-0.05, 0) is 38.8 Å². The lowest BCUT2D eigenvalue weighted by Gasteiger charge is -2.20. The first-order chi connectivity index (χ1) is 8.31. The fourth-order valence-electron chi connectivity index (χ4n) is 1.95. The second-order valence-corrected chi connectivity index (χ2v) is 6.84. The van der Waals surface area contributed by atoms with Crippen molar-refractivity contribution in [1.29, 1.82) is 0 Å². The Labute approximate surface area is 122 Å². The molecular formula is C14H18INO2. The van der Waals surface area contributed by atoms with Crippen LogP contribution in [0.15, 0.2) is 24.3 Å². The summed E-state index contributed by atoms with van der Waals surface area (Å²) in [6.07, 6.45) is -0.227. The van der Waals surface area contributed by atoms with Gasteiger partial charge in [0.05, 0.1) is 6.04 Å². The van der Waals surface area contributed by atoms with Gasteiger partial charge in [0.25, 0.3) is 0 Å². The average molecular weight is 359 g/mol. The second kappa shape index (κ2) is 4.72. The molecule has 0 aromatic heterocycles. The number of aryl methyl sites for hydroxylation is 1. The van der Waals surface area contributed by atoms with Gasteiger partial charge in [-0.15, -0.1) is 0 Å². The number of amides is 1. The van der Waals surface area contributed by atoms with Crippen molar-refractivity contribution in [3.8, 4) is 0 Å². The predicted octanol–water partition coefficient (Wildman–Crippen LogP) is 4.05. The van der Waals surface area contributed by atoms with E-state index >= 15 is 0 Å². The molecule has 1 amide bonds. The Hall–Kier alpha value is -0.780. The topological polar surface area (TPSA) is 29.3 Å². The number of carbonyl (C=O) groups excluding carboxylic acids is 1. The van der Waals surface area contributed by atoms with Crippen LogP contribution in [0.2, 0.25) is 0 Å². The Balaban J connectivity index is 2.11. The molecule has 1 aliphatic rings. The Kier molecular flexibility index (Phi) is 3.58. The Morgan fingerprint density at radius 2 is 1.94 bits per heavy atom. The van der Waals surface area contributed by atoms with Crippen LogP contribution < -0.4 is 0 Å². The third-order valence-electron chi connectivity index (χ3n) is 2.85. The summed E-state index contributed by atoms with van der Waals surface area (Å²) in [7, 11) is 0. The van der Waals surface area contributed by atoms with Crippen LogP contribution in [-0.2, 0) is 4.74 Å². The first-order valence-corrected chi connectivity index (χ1v) is 7.27. The molecule has 2 rings (SSSR count). The minimum Gasteiger partial charge on any atom is -0.444 e. The van der Waals surface area contributed by atoms with E-state index in [4.69, 9.17) is 4.74 Å². The van der Waals surface area contributed by atoms with E-state index in [9.17, 15) is 4.79 Å². The fraction of sp³-hybridized carbons (Fsp3) is 0.500. The molecule has 1 fully saturated rings. The normalized spacial score (nSPS) is 22.8. The first kappa shape index (κ1) is 13.6. The summed E-state index contributed by atoms with van der Waals surface area (Å²) in [6.45, 7) is 7.74. The van der Waals surface area contributed by atoms with E-state index in [0.717, 1.165) is 0 Å². The summed E-state index contributed by atoms with van der Waals surface area (Å²) in [4.78, 5) is 13.8. The van der Waals surface area contributed by atoms with Crippen molar-refractivity contribution in [2.24, 2.45) is 0 Å². The van der Waals surface area contributed by atoms with Crippen LogP contribution in [0.5, 0.6) is 0 Å². The van der Waals surface area contributed by atoms with E-state index < -0.39 is 5.60 Å². The molecule has 0 saturated carbocycles. The summed E-state index contributed by atoms with van der Waals surface area (Å²) in [6, 6.07) is 8.33. The Morgan fingerprint density at radius 1 is 1.33 bits per heavy atom. The van der Waals surface area contributed by atoms with Crippen molar-refractivity contribution in [1.82, 2.24) is 4.90 Å². The number of nitrogens with zero attached hydrogens (tertiary/aromatic N) is 1. The zero-order valence-electron chi connectivity index (χ0n) is 11.1. The highest BCUT2D eigenvalue weighted by Gasteiger charge is 2.52. The molecule has 0 bridgehead atoms. The van der Waals surface area contributed by atoms with Gasteiger partial charge in [-0.25, -0.2) is 4.79 Å². The van der Waals surface area contributed by atoms with E-state index in [1.807, 2.05) is 32.9 Å². The first-order valence-electron chi connectivity index (χ1n) is 6.02. The van der Waals surface area contributed by atoms with Crippen LogP contribution >= 0.6 is 22.6 Å². The molecular weight excluding hydrogens is 341 g/mol. The number of halogens is 1. The van der Waals surface area contributed by atoms with Crippen molar-refractivity contribution < 1.29 is 9.53 Å². The molecule has 0 N–H and O–H groups in total. The van der Waals surface area contributed by atoms with Crippen LogP contribution in [-0.4, -0.2) is 20.6 Å². The Morgan fingerprint density at radius 3 is 2.50 bits per heavy atom. The summed E-state index contributed by atoms with van der Waals surface area (Å²) < 4.78 is 5.60. The number of hydrogen-bond donors (Lipinski definition) is 0. The monoisotopic (exact) mass is 359 g/mol. The van der Waals surface area contributed by atoms with Gasteiger partial charge in [0.15, 0.2) is 0 Å². The smallest absolute Gasteiger partial charge is 0.411 e. The lowest BCUT2D eigenvalue weighted by molar-refractivity contribution is 0.0404. The molecule has 1 saturated heterocycles. The van der Waals surface area contributed by atoms with Crippen molar-refractivity contribution >= 4 is 28.7 Å². The molecule has 98 valence electrons. The maximum absolute atomic E-state index is 12.0. The fourth-order valence-corrected chi connectivity index (χ4v) is 3.07. The van der Waals surface area contributed by atoms with Crippen LogP contribution in [0.3, 0.4) is 0 Å². The maximum Gasteiger partial charge on any atom is 0.411 e. The lowest BCUT2D eigenvalue weighted by Crippen LogP contribution is -2.27. The highest BCUT2D eigenvalue weighted by atomic mass is 127. The molecule has 1 heterocycles. The number of benzene rings is 1. The van der Waals surface area contributed by atoms with E-state index in [2.05, 4.69) is 41.6 Å². The molecule has 0 spiro atoms. The zero-order valence-corrected chi connectivity index (χ0v) is 13.3. The van der Waals surface area contributed by atoms with E-state index in [-0.39, 0.29) is 16.2 Å². The summed E-state index contributed by atoms with van der Waals surface area (Å²) in [5.74, 6) is 0. The minimum atomic E-state index is -0.438. The summed E-state index contributed by atoms with van der Waals surface area (Å²) in [5, 5.41) is 0. The third kappa shape index (κ3) is 2.79. The maximum atomic E-state index is 12.0. The van der Waals surface area contributed by atoms with Gasteiger partial charge in [-0.2, -0.15) is 0 Å². The van der Waals surface area contributed by atoms with Gasteiger partial charge < -0.3 is 4.74 Å². The molecule has 2 atom stereocenters. The van der Waals surface area contributed by atoms with E-state index in [1.54, 1.807) is 4.90 Å². The number of rotatable bonds is 1. The van der Waals surface area contributed by atoms with Gasteiger partial charge >= 0.3 is 6.09 Å². The highest BCUT2D eigenvalue weighted by molar-refractivity contribution is 14.1. The average Bonchev–Trinajstić information content (AvgIpc) is 2.88. The van der Waals surface area contributed by atoms with Crippen LogP contribution in [0, 0.1) is 6.92 Å². The van der Waals surface area contributed by atoms with Crippen molar-refractivity contribution in [2.45, 2.75) is 43.4 Å². The minimum absolute atomic E-state index is 0.154. The third-order valence-corrected chi connectivity index (χ3v) is 4.13. The van der Waals surface area contributed by atoms with Crippen molar-refractivity contribution in [3.05, 3.63) is 35.4 Å². The SMILES string of the molecule is Cc1ccccc1[C@@H]1[C@H](I)N1C(=O)OC(C)(C)C. The highest BCUT2D eigenvalue weighted by Crippen LogP contribution is 2.48. The molecule has 4 heteroatoms. The van der Waals surface area contributed by atoms with Gasteiger partial charge in [0, 0.05) is 0 Å². The quantitative estimate of drug-likeness (QED) is 0.328. The molecule has 1 aliphatic heterocycles. The number of carbonyl (C=O) groups is 1. The van der Waals surface area contributed by atoms with Crippen LogP contribution in [0.1, 0.15) is 37.9 Å². The number of hydrogen-bond acceptors (Lipinski definition) is 2. The van der Waals surface area contributed by atoms with Crippen LogP contribution in [0.25, 0.3) is 0 Å². The molecule has 0 aliphatic carbocycles. The van der Waals surface area contributed by atoms with Crippen molar-refractivity contribution in [2.75, 3.05) is 0 Å². The predicted molar refractivity (Wildman–Crippen MR) is 79.8 cm³/mol. The molecule has 1 aromatic carbocycles. The standard InChI is InChI=1S/C14H18INO2/c1-9-7-5-6-8-10(9)11-12(15)16(11)13(17)18-14(2,3)4/h5-8,11-12H,1-4H3/t11-,12-,16?/m1/s1. The molecule has 0 unspecified atom stereocenters. The second-order valence-electron chi connectivity index (χ2n) is 5.56. The molecule has 3 nitrogen and oxygen atoms in total. The zero-order chi connectivity index (χ0) is 13.5. The lowest BCUT2D eigenvalue weighted by atomic mass is 10.1. The largest absolute Gasteiger partial charge is 0.444 e. The van der Waals surface area contributed by atoms with Crippen molar-refractivity contribution in [3.63, 3.8) is 0 Å². The van der Waals surface area contributed by atoms with Crippen LogP contribution in [0.4, 0.5) is 4.79 Å². The van der Waals surface area contributed by atoms with E-state index in [1.165, 1.54) is 11.1 Å². The summed E-state index contributed by atoms with van der Waals surface area (Å²) >= 11 is 2.29. The molecule has 1 aromatic rings. The molecule has 18 heavy (non-hydrogen) atoms. The Bertz CT molecular complexity index is 467. The van der Waals surface area contributed by atoms with Gasteiger partial charge in [0.2, 0.25) is 0 Å². The number of alkyl halides is 1. The van der Waals surface area contributed by atoms with Gasteiger partial charge in [0.1, 0.15) is 9.65 Å². The number of ether oxygens (including phenoxy) is 1. The van der Waals surface area contributed by atoms with Gasteiger partial charge in [-0.3, -0.25) is 4.90 Å². The molecule has 0 radical (unpaired) electrons. The van der Waals surface area contributed by atoms with Gasteiger partial charge in [-0.1, -0.05) is 46.9 Å². The van der Waals surface area contributed by atoms with E-state index in [0.29, 0.717) is 0 Å².